The molecule has 0 spiro atoms. The number of hydrogen-bond acceptors (Lipinski definition) is 3. The second-order valence-corrected chi connectivity index (χ2v) is 5.87. The third kappa shape index (κ3) is 3.97. The van der Waals surface area contributed by atoms with Crippen molar-refractivity contribution in [1.82, 2.24) is 20.0 Å². The van der Waals surface area contributed by atoms with E-state index in [1.165, 1.54) is 16.8 Å². The Bertz CT molecular complexity index is 740. The molecule has 1 aromatic carbocycles. The molecule has 2 rings (SSSR count). The Morgan fingerprint density at radius 1 is 1.29 bits per heavy atom. The first kappa shape index (κ1) is 18.1. The van der Waals surface area contributed by atoms with Gasteiger partial charge >= 0.3 is 0 Å². The van der Waals surface area contributed by atoms with Gasteiger partial charge in [0.05, 0.1) is 5.69 Å². The van der Waals surface area contributed by atoms with E-state index < -0.39 is 11.6 Å². The topological polar surface area (TPSA) is 50.2 Å². The molecular formula is C17H22F2N4O. The van der Waals surface area contributed by atoms with Crippen molar-refractivity contribution in [3.05, 3.63) is 46.8 Å². The van der Waals surface area contributed by atoms with Gasteiger partial charge in [0.25, 0.3) is 0 Å². The normalized spacial score (nSPS) is 10.9. The lowest BCUT2D eigenvalue weighted by atomic mass is 10.2. The van der Waals surface area contributed by atoms with Crippen molar-refractivity contribution in [3.63, 3.8) is 0 Å². The SMILES string of the molecule is Cc1nn(-c2ccc(F)cc2F)c(C)c1CNCCC(=O)N(C)C. The quantitative estimate of drug-likeness (QED) is 0.824. The number of carbonyl (C=O) groups is 1. The van der Waals surface area contributed by atoms with E-state index in [0.29, 0.717) is 19.5 Å². The van der Waals surface area contributed by atoms with E-state index in [0.717, 1.165) is 23.0 Å². The summed E-state index contributed by atoms with van der Waals surface area (Å²) in [7, 11) is 3.44. The predicted molar refractivity (Wildman–Crippen MR) is 88.0 cm³/mol. The number of benzene rings is 1. The van der Waals surface area contributed by atoms with Crippen LogP contribution in [-0.4, -0.2) is 41.2 Å². The number of aromatic nitrogens is 2. The summed E-state index contributed by atoms with van der Waals surface area (Å²) in [5.74, 6) is -1.22. The van der Waals surface area contributed by atoms with E-state index in [1.807, 2.05) is 13.8 Å². The number of carbonyl (C=O) groups excluding carboxylic acids is 1. The molecule has 0 aliphatic carbocycles. The summed E-state index contributed by atoms with van der Waals surface area (Å²) in [6.45, 7) is 4.75. The fourth-order valence-corrected chi connectivity index (χ4v) is 2.45. The first-order valence-corrected chi connectivity index (χ1v) is 7.72. The molecule has 7 heteroatoms. The van der Waals surface area contributed by atoms with Gasteiger partial charge in [0.2, 0.25) is 5.91 Å². The van der Waals surface area contributed by atoms with Gasteiger partial charge in [-0.05, 0) is 26.0 Å². The lowest BCUT2D eigenvalue weighted by Crippen LogP contribution is -2.26. The van der Waals surface area contributed by atoms with Crippen LogP contribution in [0.4, 0.5) is 8.78 Å². The molecule has 1 amide bonds. The summed E-state index contributed by atoms with van der Waals surface area (Å²) in [4.78, 5) is 13.1. The van der Waals surface area contributed by atoms with Crippen molar-refractivity contribution < 1.29 is 13.6 Å². The summed E-state index contributed by atoms with van der Waals surface area (Å²) >= 11 is 0. The number of nitrogens with one attached hydrogen (secondary N) is 1. The van der Waals surface area contributed by atoms with Crippen LogP contribution < -0.4 is 5.32 Å². The number of halogens is 2. The highest BCUT2D eigenvalue weighted by Crippen LogP contribution is 2.20. The highest BCUT2D eigenvalue weighted by atomic mass is 19.1. The standard InChI is InChI=1S/C17H22F2N4O/c1-11-14(10-20-8-7-17(24)22(3)4)12(2)23(21-11)16-6-5-13(18)9-15(16)19/h5-6,9,20H,7-8,10H2,1-4H3. The second kappa shape index (κ2) is 7.53. The van der Waals surface area contributed by atoms with Crippen LogP contribution in [0.2, 0.25) is 0 Å². The average molecular weight is 336 g/mol. The van der Waals surface area contributed by atoms with Gasteiger partial charge in [0.1, 0.15) is 11.5 Å². The molecule has 1 aromatic heterocycles. The summed E-state index contributed by atoms with van der Waals surface area (Å²) in [6, 6.07) is 3.42. The van der Waals surface area contributed by atoms with Crippen LogP contribution in [0.25, 0.3) is 5.69 Å². The van der Waals surface area contributed by atoms with Crippen LogP contribution >= 0.6 is 0 Å². The van der Waals surface area contributed by atoms with Crippen LogP contribution in [-0.2, 0) is 11.3 Å². The summed E-state index contributed by atoms with van der Waals surface area (Å²) in [5, 5.41) is 7.56. The van der Waals surface area contributed by atoms with Gasteiger partial charge in [0, 0.05) is 50.9 Å². The van der Waals surface area contributed by atoms with E-state index in [9.17, 15) is 13.6 Å². The first-order chi connectivity index (χ1) is 11.3. The van der Waals surface area contributed by atoms with Crippen molar-refractivity contribution in [2.75, 3.05) is 20.6 Å². The molecule has 0 unspecified atom stereocenters. The largest absolute Gasteiger partial charge is 0.349 e. The minimum Gasteiger partial charge on any atom is -0.349 e. The number of hydrogen-bond donors (Lipinski definition) is 1. The molecule has 5 nitrogen and oxygen atoms in total. The van der Waals surface area contributed by atoms with E-state index in [1.54, 1.807) is 19.0 Å². The highest BCUT2D eigenvalue weighted by molar-refractivity contribution is 5.75. The molecule has 1 N–H and O–H groups in total. The monoisotopic (exact) mass is 336 g/mol. The van der Waals surface area contributed by atoms with Crippen LogP contribution in [0.1, 0.15) is 23.4 Å². The third-order valence-corrected chi connectivity index (χ3v) is 3.90. The lowest BCUT2D eigenvalue weighted by Gasteiger charge is -2.11. The molecule has 0 bridgehead atoms. The molecule has 0 aliphatic rings. The Morgan fingerprint density at radius 3 is 2.62 bits per heavy atom. The second-order valence-electron chi connectivity index (χ2n) is 5.87. The van der Waals surface area contributed by atoms with Gasteiger partial charge in [-0.3, -0.25) is 4.79 Å². The maximum atomic E-state index is 14.0. The maximum Gasteiger partial charge on any atom is 0.223 e. The van der Waals surface area contributed by atoms with E-state index >= 15 is 0 Å². The first-order valence-electron chi connectivity index (χ1n) is 7.72. The molecule has 0 radical (unpaired) electrons. The zero-order valence-electron chi connectivity index (χ0n) is 14.4. The zero-order valence-corrected chi connectivity index (χ0v) is 14.4. The molecule has 2 aromatic rings. The molecule has 0 aliphatic heterocycles. The van der Waals surface area contributed by atoms with Crippen LogP contribution in [0.15, 0.2) is 18.2 Å². The van der Waals surface area contributed by atoms with Gasteiger partial charge in [-0.2, -0.15) is 5.10 Å². The zero-order chi connectivity index (χ0) is 17.9. The van der Waals surface area contributed by atoms with Gasteiger partial charge in [0.15, 0.2) is 5.82 Å². The van der Waals surface area contributed by atoms with Crippen molar-refractivity contribution in [3.8, 4) is 5.69 Å². The molecule has 0 saturated carbocycles. The van der Waals surface area contributed by atoms with Crippen molar-refractivity contribution >= 4 is 5.91 Å². The highest BCUT2D eigenvalue weighted by Gasteiger charge is 2.15. The average Bonchev–Trinajstić information content (AvgIpc) is 2.78. The Morgan fingerprint density at radius 2 is 2.00 bits per heavy atom. The number of rotatable bonds is 6. The Hall–Kier alpha value is -2.28. The third-order valence-electron chi connectivity index (χ3n) is 3.90. The summed E-state index contributed by atoms with van der Waals surface area (Å²) in [5.41, 5.74) is 2.70. The number of amides is 1. The smallest absolute Gasteiger partial charge is 0.223 e. The molecule has 0 saturated heterocycles. The van der Waals surface area contributed by atoms with E-state index in [4.69, 9.17) is 0 Å². The number of aryl methyl sites for hydroxylation is 1. The van der Waals surface area contributed by atoms with Crippen LogP contribution in [0.3, 0.4) is 0 Å². The Labute approximate surface area is 140 Å². The maximum absolute atomic E-state index is 14.0. The Balaban J connectivity index is 2.10. The van der Waals surface area contributed by atoms with Gasteiger partial charge < -0.3 is 10.2 Å². The van der Waals surface area contributed by atoms with Crippen LogP contribution in [0, 0.1) is 25.5 Å². The molecular weight excluding hydrogens is 314 g/mol. The molecule has 1 heterocycles. The van der Waals surface area contributed by atoms with Gasteiger partial charge in [-0.25, -0.2) is 13.5 Å². The Kier molecular flexibility index (Phi) is 5.66. The molecule has 24 heavy (non-hydrogen) atoms. The van der Waals surface area contributed by atoms with Crippen molar-refractivity contribution in [1.29, 1.82) is 0 Å². The predicted octanol–water partition coefficient (Wildman–Crippen LogP) is 2.34. The number of nitrogens with zero attached hydrogens (tertiary/aromatic N) is 3. The minimum absolute atomic E-state index is 0.0556. The van der Waals surface area contributed by atoms with E-state index in [2.05, 4.69) is 10.4 Å². The molecule has 130 valence electrons. The molecule has 0 atom stereocenters. The minimum atomic E-state index is -0.656. The van der Waals surface area contributed by atoms with Gasteiger partial charge in [-0.15, -0.1) is 0 Å². The lowest BCUT2D eigenvalue weighted by molar-refractivity contribution is -0.128. The van der Waals surface area contributed by atoms with E-state index in [-0.39, 0.29) is 11.6 Å². The molecule has 0 fully saturated rings. The van der Waals surface area contributed by atoms with Crippen LogP contribution in [0.5, 0.6) is 0 Å². The van der Waals surface area contributed by atoms with Crippen molar-refractivity contribution in [2.24, 2.45) is 0 Å². The summed E-state index contributed by atoms with van der Waals surface area (Å²) < 4.78 is 28.5. The van der Waals surface area contributed by atoms with Crippen molar-refractivity contribution in [2.45, 2.75) is 26.8 Å². The fraction of sp³-hybridized carbons (Fsp3) is 0.412. The fourth-order valence-electron chi connectivity index (χ4n) is 2.45. The summed E-state index contributed by atoms with van der Waals surface area (Å²) in [6.07, 6.45) is 0.409. The van der Waals surface area contributed by atoms with Gasteiger partial charge in [-0.1, -0.05) is 0 Å².